The van der Waals surface area contributed by atoms with Gasteiger partial charge in [-0.15, -0.1) is 0 Å². The molecule has 0 radical (unpaired) electrons. The van der Waals surface area contributed by atoms with Gasteiger partial charge in [-0.2, -0.15) is 5.26 Å². The summed E-state index contributed by atoms with van der Waals surface area (Å²) in [7, 11) is 0. The third-order valence-electron chi connectivity index (χ3n) is 2.49. The van der Waals surface area contributed by atoms with E-state index in [9.17, 15) is 4.39 Å². The van der Waals surface area contributed by atoms with Gasteiger partial charge in [0.15, 0.2) is 0 Å². The first-order chi connectivity index (χ1) is 8.60. The van der Waals surface area contributed by atoms with Gasteiger partial charge >= 0.3 is 0 Å². The van der Waals surface area contributed by atoms with Gasteiger partial charge in [0, 0.05) is 15.6 Å². The number of nitrogens with zero attached hydrogens (tertiary/aromatic N) is 1. The van der Waals surface area contributed by atoms with E-state index in [-0.39, 0.29) is 12.2 Å². The second-order valence-corrected chi connectivity index (χ2v) is 4.68. The summed E-state index contributed by atoms with van der Waals surface area (Å²) in [6, 6.07) is 11.5. The highest BCUT2D eigenvalue weighted by Crippen LogP contribution is 2.29. The number of rotatable bonds is 2. The molecule has 2 aromatic rings. The fraction of sp³-hybridized carbons (Fsp3) is 0.0714. The second kappa shape index (κ2) is 5.39. The molecule has 0 aliphatic carbocycles. The van der Waals surface area contributed by atoms with Crippen LogP contribution in [0.2, 0.25) is 10.0 Å². The van der Waals surface area contributed by atoms with Crippen LogP contribution in [-0.4, -0.2) is 0 Å². The molecule has 0 aliphatic heterocycles. The summed E-state index contributed by atoms with van der Waals surface area (Å²) in [5.74, 6) is -0.366. The lowest BCUT2D eigenvalue weighted by Gasteiger charge is -2.07. The lowest BCUT2D eigenvalue weighted by Crippen LogP contribution is -1.89. The molecule has 0 heterocycles. The van der Waals surface area contributed by atoms with Crippen LogP contribution in [0.25, 0.3) is 11.1 Å². The van der Waals surface area contributed by atoms with Gasteiger partial charge in [-0.05, 0) is 41.5 Å². The lowest BCUT2D eigenvalue weighted by molar-refractivity contribution is 0.631. The van der Waals surface area contributed by atoms with Crippen molar-refractivity contribution in [3.63, 3.8) is 0 Å². The van der Waals surface area contributed by atoms with Crippen LogP contribution in [0.4, 0.5) is 4.39 Å². The maximum absolute atomic E-state index is 13.8. The van der Waals surface area contributed by atoms with Crippen LogP contribution >= 0.6 is 23.2 Å². The predicted octanol–water partition coefficient (Wildman–Crippen LogP) is 4.87. The van der Waals surface area contributed by atoms with E-state index in [1.165, 1.54) is 6.07 Å². The van der Waals surface area contributed by atoms with Crippen molar-refractivity contribution in [2.75, 3.05) is 0 Å². The Morgan fingerprint density at radius 3 is 2.33 bits per heavy atom. The van der Waals surface area contributed by atoms with Gasteiger partial charge < -0.3 is 0 Å². The summed E-state index contributed by atoms with van der Waals surface area (Å²) >= 11 is 11.8. The van der Waals surface area contributed by atoms with Crippen molar-refractivity contribution >= 4 is 23.2 Å². The van der Waals surface area contributed by atoms with Gasteiger partial charge in [0.1, 0.15) is 5.82 Å². The number of nitriles is 1. The molecule has 0 fully saturated rings. The summed E-state index contributed by atoms with van der Waals surface area (Å²) in [5.41, 5.74) is 1.75. The minimum atomic E-state index is -0.366. The Labute approximate surface area is 114 Å². The van der Waals surface area contributed by atoms with Crippen molar-refractivity contribution in [2.45, 2.75) is 6.42 Å². The monoisotopic (exact) mass is 279 g/mol. The largest absolute Gasteiger partial charge is 0.206 e. The van der Waals surface area contributed by atoms with Gasteiger partial charge in [-0.3, -0.25) is 0 Å². The van der Waals surface area contributed by atoms with E-state index in [4.69, 9.17) is 28.5 Å². The van der Waals surface area contributed by atoms with Crippen molar-refractivity contribution in [1.82, 2.24) is 0 Å². The van der Waals surface area contributed by atoms with E-state index < -0.39 is 0 Å². The topological polar surface area (TPSA) is 23.8 Å². The third kappa shape index (κ3) is 2.81. The summed E-state index contributed by atoms with van der Waals surface area (Å²) < 4.78 is 13.8. The molecule has 4 heteroatoms. The first-order valence-electron chi connectivity index (χ1n) is 5.22. The zero-order valence-corrected chi connectivity index (χ0v) is 10.8. The molecular formula is C14H8Cl2FN. The van der Waals surface area contributed by atoms with E-state index in [0.29, 0.717) is 21.2 Å². The minimum Gasteiger partial charge on any atom is -0.206 e. The van der Waals surface area contributed by atoms with Gasteiger partial charge in [0.2, 0.25) is 0 Å². The van der Waals surface area contributed by atoms with Crippen molar-refractivity contribution in [2.24, 2.45) is 0 Å². The highest BCUT2D eigenvalue weighted by molar-refractivity contribution is 6.35. The van der Waals surface area contributed by atoms with Crippen molar-refractivity contribution in [3.8, 4) is 17.2 Å². The Bertz CT molecular complexity index is 612. The Kier molecular flexibility index (Phi) is 3.86. The maximum atomic E-state index is 13.8. The molecule has 0 saturated carbocycles. The average molecular weight is 280 g/mol. The van der Waals surface area contributed by atoms with Crippen LogP contribution < -0.4 is 0 Å². The quantitative estimate of drug-likeness (QED) is 0.770. The van der Waals surface area contributed by atoms with Crippen LogP contribution in [0.1, 0.15) is 5.56 Å². The standard InChI is InChI=1S/C14H8Cl2FN/c15-11-6-10(7-12(16)8-11)13-5-9(3-4-18)1-2-14(13)17/h1-2,5-8H,3H2. The Balaban J connectivity index is 2.55. The zero-order valence-electron chi connectivity index (χ0n) is 9.25. The fourth-order valence-corrected chi connectivity index (χ4v) is 2.23. The van der Waals surface area contributed by atoms with Crippen LogP contribution in [0, 0.1) is 17.1 Å². The molecule has 0 aromatic heterocycles. The molecule has 0 amide bonds. The second-order valence-electron chi connectivity index (χ2n) is 3.81. The maximum Gasteiger partial charge on any atom is 0.131 e. The molecule has 0 bridgehead atoms. The summed E-state index contributed by atoms with van der Waals surface area (Å²) in [5, 5.41) is 9.55. The molecular weight excluding hydrogens is 272 g/mol. The molecule has 2 rings (SSSR count). The molecule has 0 saturated heterocycles. The SMILES string of the molecule is N#CCc1ccc(F)c(-c2cc(Cl)cc(Cl)c2)c1. The smallest absolute Gasteiger partial charge is 0.131 e. The van der Waals surface area contributed by atoms with Crippen LogP contribution in [0.3, 0.4) is 0 Å². The highest BCUT2D eigenvalue weighted by Gasteiger charge is 2.08. The molecule has 0 N–H and O–H groups in total. The lowest BCUT2D eigenvalue weighted by atomic mass is 10.0. The fourth-order valence-electron chi connectivity index (χ4n) is 1.70. The molecule has 1 nitrogen and oxygen atoms in total. The first-order valence-corrected chi connectivity index (χ1v) is 5.97. The molecule has 0 aliphatic rings. The Hall–Kier alpha value is -1.56. The van der Waals surface area contributed by atoms with Gasteiger partial charge in [-0.25, -0.2) is 4.39 Å². The zero-order chi connectivity index (χ0) is 13.1. The third-order valence-corrected chi connectivity index (χ3v) is 2.92. The number of halogens is 3. The van der Waals surface area contributed by atoms with E-state index in [1.54, 1.807) is 30.3 Å². The predicted molar refractivity (Wildman–Crippen MR) is 71.2 cm³/mol. The first kappa shape index (κ1) is 12.9. The van der Waals surface area contributed by atoms with Gasteiger partial charge in [0.05, 0.1) is 12.5 Å². The molecule has 18 heavy (non-hydrogen) atoms. The molecule has 0 spiro atoms. The minimum absolute atomic E-state index is 0.238. The van der Waals surface area contributed by atoms with Crippen LogP contribution in [0.5, 0.6) is 0 Å². The van der Waals surface area contributed by atoms with Gasteiger partial charge in [-0.1, -0.05) is 29.3 Å². The summed E-state index contributed by atoms with van der Waals surface area (Å²) in [4.78, 5) is 0. The van der Waals surface area contributed by atoms with Crippen molar-refractivity contribution in [1.29, 1.82) is 5.26 Å². The summed E-state index contributed by atoms with van der Waals surface area (Å²) in [6.45, 7) is 0. The number of benzene rings is 2. The van der Waals surface area contributed by atoms with Crippen molar-refractivity contribution in [3.05, 3.63) is 57.8 Å². The van der Waals surface area contributed by atoms with Gasteiger partial charge in [0.25, 0.3) is 0 Å². The number of hydrogen-bond donors (Lipinski definition) is 0. The Morgan fingerprint density at radius 1 is 1.06 bits per heavy atom. The highest BCUT2D eigenvalue weighted by atomic mass is 35.5. The Morgan fingerprint density at radius 2 is 1.72 bits per heavy atom. The number of hydrogen-bond acceptors (Lipinski definition) is 1. The molecule has 2 aromatic carbocycles. The molecule has 0 unspecified atom stereocenters. The van der Waals surface area contributed by atoms with E-state index in [1.807, 2.05) is 6.07 Å². The normalized spacial score (nSPS) is 10.1. The van der Waals surface area contributed by atoms with Crippen LogP contribution in [-0.2, 0) is 6.42 Å². The van der Waals surface area contributed by atoms with E-state index >= 15 is 0 Å². The van der Waals surface area contributed by atoms with Crippen molar-refractivity contribution < 1.29 is 4.39 Å². The van der Waals surface area contributed by atoms with Crippen LogP contribution in [0.15, 0.2) is 36.4 Å². The van der Waals surface area contributed by atoms with E-state index in [0.717, 1.165) is 5.56 Å². The van der Waals surface area contributed by atoms with E-state index in [2.05, 4.69) is 0 Å². The molecule has 90 valence electrons. The average Bonchev–Trinajstić information content (AvgIpc) is 2.30. The molecule has 0 atom stereocenters. The summed E-state index contributed by atoms with van der Waals surface area (Å²) in [6.07, 6.45) is 0.238.